The first-order chi connectivity index (χ1) is 38.2. The number of anilines is 1. The summed E-state index contributed by atoms with van der Waals surface area (Å²) in [6.45, 7) is 4.33. The van der Waals surface area contributed by atoms with Crippen molar-refractivity contribution in [2.45, 2.75) is 159 Å². The first-order valence-electron chi connectivity index (χ1n) is 26.9. The minimum Gasteiger partial charge on any atom is -0.453 e. The highest BCUT2D eigenvalue weighted by Crippen LogP contribution is 2.43. The van der Waals surface area contributed by atoms with E-state index in [4.69, 9.17) is 4.98 Å². The molecule has 2 aromatic carbocycles. The third kappa shape index (κ3) is 13.9. The SMILES string of the molecule is COC(=O)N[C@H](C(=O)NC(Cc1c(F)cc(-c2ccn(C3CC3)n2)cc1F)C[C@H](O)[C@H](Cc1ccc(C#Cc2ccc(N3CC4CCC(C3)N4C3CCC3)nc2)cc1)NC(=O)[C@@H](NC(=O)OC)C(C)(C)C(F)(F)F)C(C)(C)C(F)(F)F. The lowest BCUT2D eigenvalue weighted by molar-refractivity contribution is -0.221. The van der Waals surface area contributed by atoms with Crippen molar-refractivity contribution in [3.63, 3.8) is 0 Å². The topological polar surface area (TPSA) is 192 Å². The summed E-state index contributed by atoms with van der Waals surface area (Å²) in [5.74, 6) is 1.66. The Morgan fingerprint density at radius 1 is 0.691 bits per heavy atom. The summed E-state index contributed by atoms with van der Waals surface area (Å²) >= 11 is 0. The molecule has 2 saturated carbocycles. The summed E-state index contributed by atoms with van der Waals surface area (Å²) in [6, 6.07) is 7.21. The molecule has 4 heterocycles. The van der Waals surface area contributed by atoms with Gasteiger partial charge in [0, 0.05) is 71.9 Å². The zero-order valence-electron chi connectivity index (χ0n) is 45.7. The molecule has 81 heavy (non-hydrogen) atoms. The van der Waals surface area contributed by atoms with Crippen LogP contribution >= 0.6 is 0 Å². The maximum Gasteiger partial charge on any atom is 0.407 e. The van der Waals surface area contributed by atoms with Crippen molar-refractivity contribution in [2.24, 2.45) is 10.8 Å². The Morgan fingerprint density at radius 3 is 1.72 bits per heavy atom. The van der Waals surface area contributed by atoms with Crippen molar-refractivity contribution >= 4 is 29.8 Å². The molecule has 3 unspecified atom stereocenters. The first-order valence-corrected chi connectivity index (χ1v) is 26.9. The van der Waals surface area contributed by atoms with E-state index in [2.05, 4.69) is 46.8 Å². The van der Waals surface area contributed by atoms with Crippen LogP contribution in [0.1, 0.15) is 107 Å². The van der Waals surface area contributed by atoms with E-state index in [-0.39, 0.29) is 23.7 Å². The number of ether oxygens (including phenoxy) is 2. The summed E-state index contributed by atoms with van der Waals surface area (Å²) in [6.07, 6.45) is -5.99. The highest BCUT2D eigenvalue weighted by atomic mass is 19.4. The average molecular weight is 1140 g/mol. The standard InChI is InChI=1S/C57H67F8N9O7/c1-54(2,56(60,61)62)48(69-52(78)80-5)50(76)67-36(27-41-42(58)25-35(26-43(41)59)44-22-23-73(71-44)37-17-18-37)28-46(75)45(68-51(77)49(70-53(79)81-6)55(3,4)57(63,64)65)24-33-13-10-32(11-14-33)12-15-34-16-21-47(66-29-34)72-30-39-19-20-40(31-72)74(39)38-8-7-9-38/h10-11,13-14,16,21-23,25-26,29,36-40,45-46,48-49,75H,7-9,17-20,24,27-28,30-31H2,1-6H3,(H,67,76)(H,68,77)(H,69,78)(H,70,79)/t36?,39?,40?,45-,46-,48+,49+/m0/s1. The maximum atomic E-state index is 16.2. The molecule has 16 nitrogen and oxygen atoms in total. The number of hydrogen-bond acceptors (Lipinski definition) is 11. The van der Waals surface area contributed by atoms with Crippen LogP contribution in [0.25, 0.3) is 11.3 Å². The number of rotatable bonds is 19. The quantitative estimate of drug-likeness (QED) is 0.0448. The van der Waals surface area contributed by atoms with E-state index >= 15 is 8.78 Å². The van der Waals surface area contributed by atoms with Gasteiger partial charge in [0.05, 0.1) is 48.9 Å². The highest BCUT2D eigenvalue weighted by Gasteiger charge is 2.57. The molecule has 7 atom stereocenters. The Labute approximate surface area is 464 Å². The number of aromatic nitrogens is 3. The molecule has 5 N–H and O–H groups in total. The van der Waals surface area contributed by atoms with E-state index in [9.17, 15) is 50.6 Å². The number of halogens is 8. The zero-order chi connectivity index (χ0) is 58.8. The van der Waals surface area contributed by atoms with Crippen molar-refractivity contribution in [3.8, 4) is 23.1 Å². The summed E-state index contributed by atoms with van der Waals surface area (Å²) in [5.41, 5.74) is -4.97. The number of aliphatic hydroxyl groups is 1. The number of carbonyl (C=O) groups excluding carboxylic acids is 4. The van der Waals surface area contributed by atoms with E-state index in [0.717, 1.165) is 58.1 Å². The number of methoxy groups -OCH3 is 2. The fourth-order valence-corrected chi connectivity index (χ4v) is 10.7. The average Bonchev–Trinajstić information content (AvgIpc) is 4.14. The molecule has 2 bridgehead atoms. The number of alkyl halides is 6. The number of piperazine rings is 1. The lowest BCUT2D eigenvalue weighted by atomic mass is 9.82. The lowest BCUT2D eigenvalue weighted by Crippen LogP contribution is -2.62. The minimum absolute atomic E-state index is 0.0281. The Bertz CT molecular complexity index is 2930. The maximum absolute atomic E-state index is 16.2. The number of amides is 4. The second-order valence-electron chi connectivity index (χ2n) is 22.6. The zero-order valence-corrected chi connectivity index (χ0v) is 45.7. The third-order valence-corrected chi connectivity index (χ3v) is 16.3. The van der Waals surface area contributed by atoms with Gasteiger partial charge in [0.1, 0.15) is 29.5 Å². The molecule has 438 valence electrons. The molecule has 4 aromatic rings. The van der Waals surface area contributed by atoms with Gasteiger partial charge in [-0.25, -0.2) is 23.4 Å². The molecule has 4 fully saturated rings. The molecule has 2 saturated heterocycles. The number of aliphatic hydroxyl groups excluding tert-OH is 1. The Hall–Kier alpha value is -7.00. The number of nitrogens with one attached hydrogen (secondary N) is 4. The van der Waals surface area contributed by atoms with Gasteiger partial charge in [-0.05, 0) is 134 Å². The van der Waals surface area contributed by atoms with Crippen LogP contribution in [-0.4, -0.2) is 137 Å². The number of benzene rings is 2. The first kappa shape index (κ1) is 60.1. The van der Waals surface area contributed by atoms with E-state index in [1.807, 2.05) is 22.8 Å². The summed E-state index contributed by atoms with van der Waals surface area (Å²) in [5, 5.41) is 25.0. The molecule has 2 aromatic heterocycles. The molecule has 2 aliphatic heterocycles. The van der Waals surface area contributed by atoms with Crippen LogP contribution in [0.2, 0.25) is 0 Å². The van der Waals surface area contributed by atoms with Crippen LogP contribution in [0.5, 0.6) is 0 Å². The number of hydrogen-bond donors (Lipinski definition) is 5. The monoisotopic (exact) mass is 1140 g/mol. The Kier molecular flexibility index (Phi) is 18.0. The second-order valence-corrected chi connectivity index (χ2v) is 22.6. The Balaban J connectivity index is 1.07. The van der Waals surface area contributed by atoms with Gasteiger partial charge in [0.15, 0.2) is 0 Å². The van der Waals surface area contributed by atoms with Gasteiger partial charge < -0.3 is 40.7 Å². The fourth-order valence-electron chi connectivity index (χ4n) is 10.7. The molecule has 24 heteroatoms. The van der Waals surface area contributed by atoms with Crippen LogP contribution in [-0.2, 0) is 31.9 Å². The van der Waals surface area contributed by atoms with Gasteiger partial charge in [-0.1, -0.05) is 30.4 Å². The van der Waals surface area contributed by atoms with Gasteiger partial charge in [-0.3, -0.25) is 19.2 Å². The van der Waals surface area contributed by atoms with Crippen molar-refractivity contribution in [2.75, 3.05) is 32.2 Å². The smallest absolute Gasteiger partial charge is 0.407 e. The summed E-state index contributed by atoms with van der Waals surface area (Å²) < 4.78 is 131. The van der Waals surface area contributed by atoms with Crippen LogP contribution in [0.15, 0.2) is 67.0 Å². The van der Waals surface area contributed by atoms with Crippen LogP contribution in [0, 0.1) is 34.3 Å². The second kappa shape index (κ2) is 24.2. The van der Waals surface area contributed by atoms with Gasteiger partial charge in [-0.2, -0.15) is 31.4 Å². The molecule has 0 spiro atoms. The number of carbonyl (C=O) groups is 4. The molecular weight excluding hydrogens is 1070 g/mol. The predicted octanol–water partition coefficient (Wildman–Crippen LogP) is 8.30. The van der Waals surface area contributed by atoms with Crippen LogP contribution < -0.4 is 26.2 Å². The molecule has 0 radical (unpaired) electrons. The Morgan fingerprint density at radius 2 is 1.22 bits per heavy atom. The van der Waals surface area contributed by atoms with E-state index < -0.39 is 107 Å². The normalized spacial score (nSPS) is 19.7. The summed E-state index contributed by atoms with van der Waals surface area (Å²) in [7, 11) is 1.69. The molecule has 2 aliphatic carbocycles. The van der Waals surface area contributed by atoms with E-state index in [1.165, 1.54) is 32.1 Å². The van der Waals surface area contributed by atoms with Crippen molar-refractivity contribution in [3.05, 3.63) is 101 Å². The van der Waals surface area contributed by atoms with Crippen LogP contribution in [0.3, 0.4) is 0 Å². The lowest BCUT2D eigenvalue weighted by Gasteiger charge is -2.48. The third-order valence-electron chi connectivity index (χ3n) is 16.3. The molecule has 4 aliphatic rings. The van der Waals surface area contributed by atoms with Crippen molar-refractivity contribution in [1.29, 1.82) is 0 Å². The predicted molar refractivity (Wildman–Crippen MR) is 281 cm³/mol. The molecule has 8 rings (SSSR count). The largest absolute Gasteiger partial charge is 0.453 e. The van der Waals surface area contributed by atoms with E-state index in [0.29, 0.717) is 62.5 Å². The van der Waals surface area contributed by atoms with Gasteiger partial charge in [-0.15, -0.1) is 0 Å². The number of nitrogens with zero attached hydrogens (tertiary/aromatic N) is 5. The molecular formula is C57H67F8N9O7. The number of fused-ring (bicyclic) bond motifs is 2. The van der Waals surface area contributed by atoms with Crippen LogP contribution in [0.4, 0.5) is 50.5 Å². The van der Waals surface area contributed by atoms with Crippen molar-refractivity contribution < 1.29 is 68.9 Å². The number of pyridine rings is 1. The molecule has 4 amide bonds. The fraction of sp³-hybridized carbons (Fsp3) is 0.544. The van der Waals surface area contributed by atoms with E-state index in [1.54, 1.807) is 47.4 Å². The highest BCUT2D eigenvalue weighted by molar-refractivity contribution is 5.87. The summed E-state index contributed by atoms with van der Waals surface area (Å²) in [4.78, 5) is 62.9. The van der Waals surface area contributed by atoms with Gasteiger partial charge in [0.2, 0.25) is 11.8 Å². The van der Waals surface area contributed by atoms with Gasteiger partial charge >= 0.3 is 24.5 Å². The number of alkyl carbamates (subject to hydrolysis) is 2. The van der Waals surface area contributed by atoms with Gasteiger partial charge in [0.25, 0.3) is 0 Å². The van der Waals surface area contributed by atoms with Crippen molar-refractivity contribution in [1.82, 2.24) is 40.9 Å². The minimum atomic E-state index is -5.16.